The Labute approximate surface area is 155 Å². The summed E-state index contributed by atoms with van der Waals surface area (Å²) in [4.78, 5) is 0. The highest BCUT2D eigenvalue weighted by Gasteiger charge is 2.16. The van der Waals surface area contributed by atoms with Gasteiger partial charge in [-0.1, -0.05) is 39.8 Å². The normalized spacial score (nSPS) is 13.5. The lowest BCUT2D eigenvalue weighted by molar-refractivity contribution is 0.144. The first-order valence-electron chi connectivity index (χ1n) is 10.2. The summed E-state index contributed by atoms with van der Waals surface area (Å²) in [5.41, 5.74) is 7.69. The molecule has 0 atom stereocenters. The van der Waals surface area contributed by atoms with Crippen molar-refractivity contribution in [2.45, 2.75) is 79.4 Å². The lowest BCUT2D eigenvalue weighted by Crippen LogP contribution is -2.32. The van der Waals surface area contributed by atoms with E-state index in [0.29, 0.717) is 6.10 Å². The maximum absolute atomic E-state index is 6.02. The Bertz CT molecular complexity index is 393. The van der Waals surface area contributed by atoms with Gasteiger partial charge in [0.25, 0.3) is 0 Å². The highest BCUT2D eigenvalue weighted by atomic mass is 16.5. The Morgan fingerprint density at radius 1 is 1.04 bits per heavy atom. The highest BCUT2D eigenvalue weighted by molar-refractivity contribution is 5.28. The fourth-order valence-corrected chi connectivity index (χ4v) is 2.59. The summed E-state index contributed by atoms with van der Waals surface area (Å²) in [6, 6.07) is 8.37. The van der Waals surface area contributed by atoms with Crippen molar-refractivity contribution in [2.24, 2.45) is 0 Å². The summed E-state index contributed by atoms with van der Waals surface area (Å²) in [5.74, 6) is 0.998. The Kier molecular flexibility index (Phi) is 16.9. The number of hydrazine groups is 1. The molecule has 0 aliphatic heterocycles. The molecule has 2 rings (SSSR count). The maximum Gasteiger partial charge on any atom is 0.120 e. The molecule has 0 heterocycles. The number of hydrogen-bond donors (Lipinski definition) is 2. The third-order valence-electron chi connectivity index (χ3n) is 3.72. The third-order valence-corrected chi connectivity index (χ3v) is 3.72. The van der Waals surface area contributed by atoms with Crippen molar-refractivity contribution in [3.8, 4) is 5.75 Å². The average molecular weight is 353 g/mol. The predicted molar refractivity (Wildman–Crippen MR) is 108 cm³/mol. The van der Waals surface area contributed by atoms with E-state index in [2.05, 4.69) is 35.1 Å². The molecule has 1 aliphatic rings. The molecule has 0 saturated heterocycles. The molecule has 4 heteroatoms. The molecule has 25 heavy (non-hydrogen) atoms. The van der Waals surface area contributed by atoms with Crippen molar-refractivity contribution in [3.05, 3.63) is 29.8 Å². The summed E-state index contributed by atoms with van der Waals surface area (Å²) in [5, 5.41) is 0. The molecule has 0 unspecified atom stereocenters. The monoisotopic (exact) mass is 352 g/mol. The van der Waals surface area contributed by atoms with E-state index in [1.165, 1.54) is 31.2 Å². The molecule has 0 bridgehead atoms. The van der Waals surface area contributed by atoms with Gasteiger partial charge in [0.15, 0.2) is 0 Å². The van der Waals surface area contributed by atoms with Gasteiger partial charge in [-0.15, -0.1) is 0 Å². The van der Waals surface area contributed by atoms with Gasteiger partial charge in [-0.05, 0) is 56.7 Å². The van der Waals surface area contributed by atoms with E-state index in [1.54, 1.807) is 0 Å². The van der Waals surface area contributed by atoms with Crippen molar-refractivity contribution in [1.29, 1.82) is 0 Å². The maximum atomic E-state index is 6.02. The molecule has 146 valence electrons. The van der Waals surface area contributed by atoms with E-state index in [9.17, 15) is 0 Å². The minimum Gasteiger partial charge on any atom is -0.490 e. The zero-order chi connectivity index (χ0) is 18.8. The van der Waals surface area contributed by atoms with Crippen LogP contribution >= 0.6 is 0 Å². The number of benzene rings is 1. The molecule has 0 radical (unpaired) electrons. The molecule has 0 aromatic heterocycles. The first-order chi connectivity index (χ1) is 12.4. The van der Waals surface area contributed by atoms with Crippen LogP contribution in [0.15, 0.2) is 24.3 Å². The van der Waals surface area contributed by atoms with Gasteiger partial charge in [-0.25, -0.2) is 0 Å². The van der Waals surface area contributed by atoms with Gasteiger partial charge in [-0.3, -0.25) is 10.9 Å². The van der Waals surface area contributed by atoms with Crippen molar-refractivity contribution >= 4 is 0 Å². The number of nitrogens with one attached hydrogen (secondary N) is 2. The zero-order valence-corrected chi connectivity index (χ0v) is 17.1. The average Bonchev–Trinajstić information content (AvgIpc) is 3.18. The first kappa shape index (κ1) is 23.9. The van der Waals surface area contributed by atoms with E-state index < -0.39 is 0 Å². The minimum absolute atomic E-state index is 0.421. The Balaban J connectivity index is 0.00000134. The van der Waals surface area contributed by atoms with Gasteiger partial charge in [0, 0.05) is 26.3 Å². The molecule has 1 aromatic carbocycles. The van der Waals surface area contributed by atoms with E-state index in [4.69, 9.17) is 9.47 Å². The second-order valence-corrected chi connectivity index (χ2v) is 5.50. The van der Waals surface area contributed by atoms with Gasteiger partial charge in [0.05, 0.1) is 6.10 Å². The molecule has 1 saturated carbocycles. The van der Waals surface area contributed by atoms with Gasteiger partial charge in [0.1, 0.15) is 5.75 Å². The van der Waals surface area contributed by atoms with Gasteiger partial charge in [0.2, 0.25) is 0 Å². The van der Waals surface area contributed by atoms with Crippen LogP contribution in [0.5, 0.6) is 5.75 Å². The van der Waals surface area contributed by atoms with Gasteiger partial charge >= 0.3 is 0 Å². The van der Waals surface area contributed by atoms with Crippen LogP contribution < -0.4 is 15.6 Å². The molecule has 1 fully saturated rings. The SMILES string of the molecule is CC.CC.CCOCCCNNCc1cccc(OC2CCCC2)c1. The summed E-state index contributed by atoms with van der Waals surface area (Å²) in [6.45, 7) is 13.3. The van der Waals surface area contributed by atoms with Crippen LogP contribution in [0.3, 0.4) is 0 Å². The molecule has 4 nitrogen and oxygen atoms in total. The van der Waals surface area contributed by atoms with Crippen molar-refractivity contribution in [3.63, 3.8) is 0 Å². The summed E-state index contributed by atoms with van der Waals surface area (Å²) < 4.78 is 11.3. The predicted octanol–water partition coefficient (Wildman–Crippen LogP) is 5.08. The number of rotatable bonds is 10. The second kappa shape index (κ2) is 17.7. The van der Waals surface area contributed by atoms with Crippen LogP contribution in [0.4, 0.5) is 0 Å². The van der Waals surface area contributed by atoms with E-state index in [-0.39, 0.29) is 0 Å². The number of hydrogen-bond acceptors (Lipinski definition) is 4. The largest absolute Gasteiger partial charge is 0.490 e. The van der Waals surface area contributed by atoms with E-state index in [1.807, 2.05) is 34.6 Å². The lowest BCUT2D eigenvalue weighted by Gasteiger charge is -2.14. The minimum atomic E-state index is 0.421. The summed E-state index contributed by atoms with van der Waals surface area (Å²) in [6.07, 6.45) is 6.44. The van der Waals surface area contributed by atoms with Crippen LogP contribution in [0.25, 0.3) is 0 Å². The van der Waals surface area contributed by atoms with Crippen molar-refractivity contribution < 1.29 is 9.47 Å². The quantitative estimate of drug-likeness (QED) is 0.455. The van der Waals surface area contributed by atoms with Gasteiger partial charge in [-0.2, -0.15) is 0 Å². The van der Waals surface area contributed by atoms with Crippen LogP contribution in [0.1, 0.15) is 72.3 Å². The smallest absolute Gasteiger partial charge is 0.120 e. The number of ether oxygens (including phenoxy) is 2. The molecule has 1 aromatic rings. The first-order valence-corrected chi connectivity index (χ1v) is 10.2. The lowest BCUT2D eigenvalue weighted by atomic mass is 10.2. The van der Waals surface area contributed by atoms with Crippen molar-refractivity contribution in [1.82, 2.24) is 10.9 Å². The third kappa shape index (κ3) is 12.0. The van der Waals surface area contributed by atoms with Crippen molar-refractivity contribution in [2.75, 3.05) is 19.8 Å². The Morgan fingerprint density at radius 2 is 1.76 bits per heavy atom. The fourth-order valence-electron chi connectivity index (χ4n) is 2.59. The van der Waals surface area contributed by atoms with Crippen LogP contribution in [0.2, 0.25) is 0 Å². The van der Waals surface area contributed by atoms with Crippen LogP contribution in [-0.2, 0) is 11.3 Å². The summed E-state index contributed by atoms with van der Waals surface area (Å²) >= 11 is 0. The Morgan fingerprint density at radius 3 is 2.44 bits per heavy atom. The van der Waals surface area contributed by atoms with Crippen LogP contribution in [0, 0.1) is 0 Å². The second-order valence-electron chi connectivity index (χ2n) is 5.50. The fraction of sp³-hybridized carbons (Fsp3) is 0.714. The zero-order valence-electron chi connectivity index (χ0n) is 17.1. The Hall–Kier alpha value is -1.10. The molecule has 0 spiro atoms. The summed E-state index contributed by atoms with van der Waals surface area (Å²) in [7, 11) is 0. The van der Waals surface area contributed by atoms with E-state index in [0.717, 1.165) is 38.5 Å². The highest BCUT2D eigenvalue weighted by Crippen LogP contribution is 2.24. The molecule has 0 amide bonds. The molecular formula is C21H40N2O2. The molecule has 2 N–H and O–H groups in total. The van der Waals surface area contributed by atoms with Crippen LogP contribution in [-0.4, -0.2) is 25.9 Å². The molecular weight excluding hydrogens is 312 g/mol. The van der Waals surface area contributed by atoms with E-state index >= 15 is 0 Å². The standard InChI is InChI=1S/C17H28N2O2.2C2H6/c1-2-20-12-6-11-18-19-14-15-7-5-10-17(13-15)21-16-8-3-4-9-16;2*1-2/h5,7,10,13,16,18-19H,2-4,6,8-9,11-12,14H2,1H3;2*1-2H3. The topological polar surface area (TPSA) is 42.5 Å². The molecule has 1 aliphatic carbocycles. The van der Waals surface area contributed by atoms with Gasteiger partial charge < -0.3 is 9.47 Å².